The molecule has 0 unspecified atom stereocenters. The molecule has 0 N–H and O–H groups in total. The smallest absolute Gasteiger partial charge is 0.0645 e. The van der Waals surface area contributed by atoms with Gasteiger partial charge < -0.3 is 13.7 Å². The van der Waals surface area contributed by atoms with Crippen molar-refractivity contribution < 1.29 is 5.48 Å². The van der Waals surface area contributed by atoms with Gasteiger partial charge in [0.05, 0.1) is 38.6 Å². The van der Waals surface area contributed by atoms with Crippen LogP contribution in [0.2, 0.25) is 0 Å². The minimum atomic E-state index is -0.0875. The number of hydrogen-bond donors (Lipinski definition) is 0. The number of aryl methyl sites for hydroxylation is 2. The van der Waals surface area contributed by atoms with E-state index >= 15 is 0 Å². The summed E-state index contributed by atoms with van der Waals surface area (Å²) in [4.78, 5) is 0. The van der Waals surface area contributed by atoms with E-state index in [-0.39, 0.29) is 35.4 Å². The van der Waals surface area contributed by atoms with Gasteiger partial charge in [0, 0.05) is 49.4 Å². The molecule has 3 aromatic heterocycles. The molecule has 59 heavy (non-hydrogen) atoms. The first kappa shape index (κ1) is 29.6. The molecule has 0 aliphatic carbocycles. The first-order valence-corrected chi connectivity index (χ1v) is 20.1. The number of rotatable bonds is 5. The third-order valence-corrected chi connectivity index (χ3v) is 12.0. The van der Waals surface area contributed by atoms with Crippen molar-refractivity contribution in [3.05, 3.63) is 211 Å². The lowest BCUT2D eigenvalue weighted by Crippen LogP contribution is -1.94. The lowest BCUT2D eigenvalue weighted by atomic mass is 10.0. The second-order valence-corrected chi connectivity index (χ2v) is 15.7. The molecule has 12 rings (SSSR count). The molecular weight excluding hydrogens is 715 g/mol. The molecule has 3 heterocycles. The Labute approximate surface area is 347 Å². The fraction of sp³-hybridized carbons (Fsp3) is 0.0357. The molecule has 0 aliphatic rings. The van der Waals surface area contributed by atoms with E-state index in [0.29, 0.717) is 5.56 Å². The van der Waals surface area contributed by atoms with Gasteiger partial charge in [0.25, 0.3) is 0 Å². The van der Waals surface area contributed by atoms with Gasteiger partial charge in [-0.3, -0.25) is 0 Å². The molecule has 3 nitrogen and oxygen atoms in total. The van der Waals surface area contributed by atoms with Crippen LogP contribution in [0.25, 0.3) is 105 Å². The van der Waals surface area contributed by atoms with Gasteiger partial charge in [-0.05, 0) is 138 Å². The molecule has 0 saturated heterocycles. The van der Waals surface area contributed by atoms with Crippen molar-refractivity contribution in [3.8, 4) is 39.3 Å². The van der Waals surface area contributed by atoms with Crippen molar-refractivity contribution in [1.29, 1.82) is 0 Å². The minimum Gasteiger partial charge on any atom is -0.309 e. The predicted molar refractivity (Wildman–Crippen MR) is 250 cm³/mol. The standard InChI is InChI=1S/C56H39N3/c1-36-11-9-13-43(31-36)58-52-19-7-4-16-46(52)48-33-39(23-28-55(48)58)38-21-26-42(27-22-38)57-51-18-6-3-15-45(51)49-34-40(24-29-54(49)57)41-25-30-56-50(35-41)47-17-5-8-20-53(47)59(56)44-14-10-12-37(2)32-44/h3-35H,1-2H3/i21D,22D,26D,27D. The number of para-hydroxylation sites is 3. The molecule has 0 fully saturated rings. The second-order valence-electron chi connectivity index (χ2n) is 15.7. The third kappa shape index (κ3) is 5.21. The second kappa shape index (κ2) is 13.0. The van der Waals surface area contributed by atoms with Gasteiger partial charge in [0.15, 0.2) is 0 Å². The first-order valence-electron chi connectivity index (χ1n) is 22.1. The van der Waals surface area contributed by atoms with Crippen molar-refractivity contribution in [3.63, 3.8) is 0 Å². The zero-order valence-corrected chi connectivity index (χ0v) is 32.6. The van der Waals surface area contributed by atoms with Crippen LogP contribution in [-0.2, 0) is 0 Å². The van der Waals surface area contributed by atoms with Gasteiger partial charge in [-0.25, -0.2) is 0 Å². The summed E-state index contributed by atoms with van der Waals surface area (Å²) in [6.45, 7) is 4.21. The van der Waals surface area contributed by atoms with Crippen LogP contribution in [0.4, 0.5) is 0 Å². The predicted octanol–water partition coefficient (Wildman–Crippen LogP) is 14.9. The summed E-state index contributed by atoms with van der Waals surface area (Å²) in [6.07, 6.45) is 0. The van der Waals surface area contributed by atoms with Crippen LogP contribution in [0.1, 0.15) is 16.6 Å². The quantitative estimate of drug-likeness (QED) is 0.166. The zero-order chi connectivity index (χ0) is 42.7. The van der Waals surface area contributed by atoms with E-state index in [4.69, 9.17) is 0 Å². The van der Waals surface area contributed by atoms with Gasteiger partial charge in [-0.1, -0.05) is 109 Å². The lowest BCUT2D eigenvalue weighted by molar-refractivity contribution is 1.17. The highest BCUT2D eigenvalue weighted by molar-refractivity contribution is 6.13. The topological polar surface area (TPSA) is 14.8 Å². The Kier molecular flexibility index (Phi) is 6.50. The van der Waals surface area contributed by atoms with Crippen LogP contribution in [0.5, 0.6) is 0 Å². The average molecular weight is 758 g/mol. The fourth-order valence-electron chi connectivity index (χ4n) is 9.33. The van der Waals surface area contributed by atoms with Crippen LogP contribution in [0, 0.1) is 13.8 Å². The molecule has 0 aliphatic heterocycles. The molecule has 278 valence electrons. The number of nitrogens with zero attached hydrogens (tertiary/aromatic N) is 3. The van der Waals surface area contributed by atoms with Crippen LogP contribution in [-0.4, -0.2) is 13.7 Å². The number of benzene rings is 9. The maximum Gasteiger partial charge on any atom is 0.0645 e. The maximum absolute atomic E-state index is 9.56. The van der Waals surface area contributed by atoms with E-state index < -0.39 is 0 Å². The normalized spacial score (nSPS) is 12.8. The Morgan fingerprint density at radius 2 is 0.644 bits per heavy atom. The molecule has 3 heteroatoms. The summed E-state index contributed by atoms with van der Waals surface area (Å²) in [5.74, 6) is 0. The van der Waals surface area contributed by atoms with Crippen LogP contribution in [0.3, 0.4) is 0 Å². The van der Waals surface area contributed by atoms with E-state index in [1.54, 1.807) is 0 Å². The molecular formula is C56H39N3. The lowest BCUT2D eigenvalue weighted by Gasteiger charge is -2.11. The van der Waals surface area contributed by atoms with Gasteiger partial charge >= 0.3 is 0 Å². The van der Waals surface area contributed by atoms with E-state index in [2.05, 4.69) is 150 Å². The van der Waals surface area contributed by atoms with Gasteiger partial charge in [-0.2, -0.15) is 0 Å². The van der Waals surface area contributed by atoms with Crippen molar-refractivity contribution >= 4 is 65.4 Å². The van der Waals surface area contributed by atoms with Crippen LogP contribution >= 0.6 is 0 Å². The summed E-state index contributed by atoms with van der Waals surface area (Å²) in [7, 11) is 0. The number of fused-ring (bicyclic) bond motifs is 9. The molecule has 0 spiro atoms. The molecule has 0 saturated carbocycles. The first-order chi connectivity index (χ1) is 30.7. The Balaban J connectivity index is 1.01. The number of aromatic nitrogens is 3. The number of hydrogen-bond acceptors (Lipinski definition) is 0. The minimum absolute atomic E-state index is 0.0755. The SMILES string of the molecule is [2H]c1c([2H])c(-n2c3ccccc3c3cc(-c4ccc5c(c4)c4ccccc4n5-c4cccc(C)c4)ccc32)c([2H])c([2H])c1-c1ccc2c(c1)c1ccccc1n2-c1cccc(C)c1. The van der Waals surface area contributed by atoms with E-state index in [1.807, 2.05) is 53.1 Å². The van der Waals surface area contributed by atoms with E-state index in [0.717, 1.165) is 77.1 Å². The van der Waals surface area contributed by atoms with E-state index in [9.17, 15) is 5.48 Å². The Bertz CT molecular complexity index is 3860. The van der Waals surface area contributed by atoms with Crippen molar-refractivity contribution in [1.82, 2.24) is 13.7 Å². The van der Waals surface area contributed by atoms with Crippen LogP contribution in [0.15, 0.2) is 200 Å². The molecule has 9 aromatic carbocycles. The van der Waals surface area contributed by atoms with Gasteiger partial charge in [-0.15, -0.1) is 0 Å². The van der Waals surface area contributed by atoms with Crippen molar-refractivity contribution in [2.24, 2.45) is 0 Å². The van der Waals surface area contributed by atoms with Gasteiger partial charge in [0.1, 0.15) is 0 Å². The summed E-state index contributed by atoms with van der Waals surface area (Å²) < 4.78 is 44.6. The Hall–Kier alpha value is -7.62. The largest absolute Gasteiger partial charge is 0.309 e. The summed E-state index contributed by atoms with van der Waals surface area (Å²) in [6, 6.07) is 60.6. The van der Waals surface area contributed by atoms with Crippen LogP contribution < -0.4 is 0 Å². The molecule has 0 atom stereocenters. The summed E-state index contributed by atoms with van der Waals surface area (Å²) in [5.41, 5.74) is 13.9. The molecule has 12 aromatic rings. The highest BCUT2D eigenvalue weighted by Crippen LogP contribution is 2.40. The Morgan fingerprint density at radius 1 is 0.288 bits per heavy atom. The Morgan fingerprint density at radius 3 is 1.05 bits per heavy atom. The average Bonchev–Trinajstić information content (AvgIpc) is 3.94. The van der Waals surface area contributed by atoms with Gasteiger partial charge in [0.2, 0.25) is 0 Å². The summed E-state index contributed by atoms with van der Waals surface area (Å²) in [5, 5.41) is 6.35. The van der Waals surface area contributed by atoms with Crippen molar-refractivity contribution in [2.75, 3.05) is 0 Å². The summed E-state index contributed by atoms with van der Waals surface area (Å²) >= 11 is 0. The third-order valence-electron chi connectivity index (χ3n) is 12.0. The molecule has 0 bridgehead atoms. The monoisotopic (exact) mass is 757 g/mol. The highest BCUT2D eigenvalue weighted by Gasteiger charge is 2.17. The highest BCUT2D eigenvalue weighted by atomic mass is 15.0. The maximum atomic E-state index is 9.56. The molecule has 0 radical (unpaired) electrons. The van der Waals surface area contributed by atoms with E-state index in [1.165, 1.54) is 21.9 Å². The fourth-order valence-corrected chi connectivity index (χ4v) is 9.33. The molecule has 0 amide bonds. The van der Waals surface area contributed by atoms with Crippen molar-refractivity contribution in [2.45, 2.75) is 13.8 Å². The zero-order valence-electron chi connectivity index (χ0n) is 36.6.